The van der Waals surface area contributed by atoms with E-state index in [1.807, 2.05) is 13.8 Å². The van der Waals surface area contributed by atoms with Crippen molar-refractivity contribution in [2.75, 3.05) is 5.32 Å². The van der Waals surface area contributed by atoms with Gasteiger partial charge in [0.2, 0.25) is 0 Å². The number of carboxylic acids is 1. The molecule has 0 unspecified atom stereocenters. The van der Waals surface area contributed by atoms with Gasteiger partial charge in [-0.15, -0.1) is 0 Å². The van der Waals surface area contributed by atoms with Gasteiger partial charge in [0.05, 0.1) is 0 Å². The number of rotatable bonds is 4. The van der Waals surface area contributed by atoms with Crippen LogP contribution in [0.3, 0.4) is 0 Å². The van der Waals surface area contributed by atoms with Crippen molar-refractivity contribution in [1.29, 1.82) is 0 Å². The van der Waals surface area contributed by atoms with E-state index in [4.69, 9.17) is 0 Å². The van der Waals surface area contributed by atoms with Crippen molar-refractivity contribution in [2.45, 2.75) is 46.6 Å². The van der Waals surface area contributed by atoms with Crippen LogP contribution in [0.25, 0.3) is 0 Å². The van der Waals surface area contributed by atoms with Gasteiger partial charge in [0, 0.05) is 16.2 Å². The average Bonchev–Trinajstić information content (AvgIpc) is 2.16. The Morgan fingerprint density at radius 1 is 1.37 bits per heavy atom. The van der Waals surface area contributed by atoms with Crippen molar-refractivity contribution >= 4 is 27.7 Å². The molecule has 0 fully saturated rings. The summed E-state index contributed by atoms with van der Waals surface area (Å²) in [5.74, 6) is -0.576. The van der Waals surface area contributed by atoms with Gasteiger partial charge in [0.1, 0.15) is 11.4 Å². The number of carbonyl (C=O) groups is 1. The van der Waals surface area contributed by atoms with Crippen molar-refractivity contribution in [2.24, 2.45) is 5.41 Å². The number of hydrogen-bond donors (Lipinski definition) is 2. The molecule has 0 saturated heterocycles. The maximum atomic E-state index is 11.2. The standard InChI is InChI=1S/C14H21BrN2O2/c1-13(2,3)8-14(4,5)17-11-10(12(18)19)6-9(15)7-16-11/h6-7H,8H2,1-5H3,(H,16,17)(H,18,19). The van der Waals surface area contributed by atoms with Gasteiger partial charge in [-0.25, -0.2) is 9.78 Å². The zero-order valence-corrected chi connectivity index (χ0v) is 13.6. The minimum atomic E-state index is -0.983. The first kappa shape index (κ1) is 16.0. The minimum absolute atomic E-state index is 0.148. The van der Waals surface area contributed by atoms with Crippen LogP contribution in [-0.2, 0) is 0 Å². The van der Waals surface area contributed by atoms with Crippen LogP contribution in [0.4, 0.5) is 5.82 Å². The van der Waals surface area contributed by atoms with Crippen LogP contribution in [-0.4, -0.2) is 21.6 Å². The topological polar surface area (TPSA) is 62.2 Å². The lowest BCUT2D eigenvalue weighted by molar-refractivity contribution is 0.0697. The van der Waals surface area contributed by atoms with E-state index in [0.29, 0.717) is 10.3 Å². The van der Waals surface area contributed by atoms with Crippen LogP contribution in [0.2, 0.25) is 0 Å². The van der Waals surface area contributed by atoms with Gasteiger partial charge < -0.3 is 10.4 Å². The Balaban J connectivity index is 3.02. The number of aromatic nitrogens is 1. The third-order valence-corrected chi connectivity index (χ3v) is 2.95. The van der Waals surface area contributed by atoms with Gasteiger partial charge in [-0.3, -0.25) is 0 Å². The fourth-order valence-corrected chi connectivity index (χ4v) is 2.72. The molecule has 106 valence electrons. The van der Waals surface area contributed by atoms with Gasteiger partial charge in [-0.1, -0.05) is 20.8 Å². The summed E-state index contributed by atoms with van der Waals surface area (Å²) in [5.41, 5.74) is 0.0924. The molecular weight excluding hydrogens is 308 g/mol. The van der Waals surface area contributed by atoms with Crippen molar-refractivity contribution in [3.63, 3.8) is 0 Å². The highest BCUT2D eigenvalue weighted by Crippen LogP contribution is 2.30. The minimum Gasteiger partial charge on any atom is -0.478 e. The molecule has 0 bridgehead atoms. The molecule has 1 heterocycles. The second kappa shape index (κ2) is 5.49. The second-order valence-electron chi connectivity index (χ2n) is 6.60. The molecular formula is C14H21BrN2O2. The first-order valence-corrected chi connectivity index (χ1v) is 6.96. The molecule has 0 amide bonds. The number of pyridine rings is 1. The van der Waals surface area contributed by atoms with Crippen molar-refractivity contribution in [3.8, 4) is 0 Å². The third-order valence-electron chi connectivity index (χ3n) is 2.51. The zero-order chi connectivity index (χ0) is 14.8. The quantitative estimate of drug-likeness (QED) is 0.870. The van der Waals surface area contributed by atoms with Gasteiger partial charge >= 0.3 is 5.97 Å². The number of halogens is 1. The van der Waals surface area contributed by atoms with Crippen LogP contribution in [0, 0.1) is 5.41 Å². The summed E-state index contributed by atoms with van der Waals surface area (Å²) in [6, 6.07) is 1.56. The summed E-state index contributed by atoms with van der Waals surface area (Å²) >= 11 is 3.24. The molecule has 0 spiro atoms. The molecule has 0 aromatic carbocycles. The second-order valence-corrected chi connectivity index (χ2v) is 7.52. The molecule has 1 aromatic rings. The molecule has 5 heteroatoms. The van der Waals surface area contributed by atoms with Crippen molar-refractivity contribution < 1.29 is 9.90 Å². The maximum Gasteiger partial charge on any atom is 0.339 e. The molecule has 0 aliphatic heterocycles. The first-order chi connectivity index (χ1) is 8.50. The number of carboxylic acid groups (broad SMARTS) is 1. The van der Waals surface area contributed by atoms with Crippen molar-refractivity contribution in [3.05, 3.63) is 22.3 Å². The summed E-state index contributed by atoms with van der Waals surface area (Å²) in [5, 5.41) is 12.5. The van der Waals surface area contributed by atoms with Crippen LogP contribution in [0.1, 0.15) is 51.4 Å². The molecule has 0 radical (unpaired) electrons. The first-order valence-electron chi connectivity index (χ1n) is 6.17. The largest absolute Gasteiger partial charge is 0.478 e. The Bertz CT molecular complexity index is 479. The van der Waals surface area contributed by atoms with E-state index < -0.39 is 5.97 Å². The van der Waals surface area contributed by atoms with Crippen molar-refractivity contribution in [1.82, 2.24) is 4.98 Å². The molecule has 4 nitrogen and oxygen atoms in total. The van der Waals surface area contributed by atoms with E-state index in [2.05, 4.69) is 47.0 Å². The monoisotopic (exact) mass is 328 g/mol. The average molecular weight is 329 g/mol. The highest BCUT2D eigenvalue weighted by molar-refractivity contribution is 9.10. The van der Waals surface area contributed by atoms with Crippen LogP contribution in [0.15, 0.2) is 16.7 Å². The summed E-state index contributed by atoms with van der Waals surface area (Å²) in [6.07, 6.45) is 2.50. The zero-order valence-electron chi connectivity index (χ0n) is 12.0. The van der Waals surface area contributed by atoms with E-state index in [1.165, 1.54) is 0 Å². The van der Waals surface area contributed by atoms with Gasteiger partial charge in [-0.05, 0) is 47.7 Å². The Hall–Kier alpha value is -1.10. The summed E-state index contributed by atoms with van der Waals surface area (Å²) < 4.78 is 0.657. The van der Waals surface area contributed by atoms with Gasteiger partial charge in [0.15, 0.2) is 0 Å². The molecule has 2 N–H and O–H groups in total. The molecule has 0 aliphatic carbocycles. The molecule has 1 rings (SSSR count). The van der Waals surface area contributed by atoms with E-state index in [9.17, 15) is 9.90 Å². The smallest absolute Gasteiger partial charge is 0.339 e. The lowest BCUT2D eigenvalue weighted by atomic mass is 9.82. The molecule has 19 heavy (non-hydrogen) atoms. The Kier molecular flexibility index (Phi) is 4.61. The van der Waals surface area contributed by atoms with Crippen LogP contribution < -0.4 is 5.32 Å². The SMILES string of the molecule is CC(C)(C)CC(C)(C)Nc1ncc(Br)cc1C(=O)O. The Morgan fingerprint density at radius 2 is 1.95 bits per heavy atom. The third kappa shape index (κ3) is 5.19. The molecule has 0 saturated carbocycles. The number of anilines is 1. The maximum absolute atomic E-state index is 11.2. The highest BCUT2D eigenvalue weighted by atomic mass is 79.9. The fourth-order valence-electron chi connectivity index (χ4n) is 2.39. The van der Waals surface area contributed by atoms with E-state index in [-0.39, 0.29) is 16.5 Å². The number of nitrogens with one attached hydrogen (secondary N) is 1. The molecule has 0 atom stereocenters. The predicted molar refractivity (Wildman–Crippen MR) is 80.7 cm³/mol. The van der Waals surface area contributed by atoms with E-state index >= 15 is 0 Å². The molecule has 0 aliphatic rings. The summed E-state index contributed by atoms with van der Waals surface area (Å²) in [4.78, 5) is 15.4. The Morgan fingerprint density at radius 3 is 2.42 bits per heavy atom. The Labute approximate surface area is 122 Å². The highest BCUT2D eigenvalue weighted by Gasteiger charge is 2.27. The lowest BCUT2D eigenvalue weighted by Crippen LogP contribution is -2.36. The van der Waals surface area contributed by atoms with Gasteiger partial charge in [-0.2, -0.15) is 0 Å². The predicted octanol–water partition coefficient (Wildman–Crippen LogP) is 4.17. The van der Waals surface area contributed by atoms with Crippen LogP contribution in [0.5, 0.6) is 0 Å². The van der Waals surface area contributed by atoms with Gasteiger partial charge in [0.25, 0.3) is 0 Å². The fraction of sp³-hybridized carbons (Fsp3) is 0.571. The number of hydrogen-bond acceptors (Lipinski definition) is 3. The van der Waals surface area contributed by atoms with Crippen LogP contribution >= 0.6 is 15.9 Å². The summed E-state index contributed by atoms with van der Waals surface area (Å²) in [6.45, 7) is 10.6. The van der Waals surface area contributed by atoms with E-state index in [1.54, 1.807) is 12.3 Å². The lowest BCUT2D eigenvalue weighted by Gasteiger charge is -2.34. The number of aromatic carboxylic acids is 1. The normalized spacial score (nSPS) is 12.3. The summed E-state index contributed by atoms with van der Waals surface area (Å²) in [7, 11) is 0. The van der Waals surface area contributed by atoms with E-state index in [0.717, 1.165) is 6.42 Å². The number of nitrogens with zero attached hydrogens (tertiary/aromatic N) is 1. The molecule has 1 aromatic heterocycles.